The number of ether oxygens (including phenoxy) is 2. The number of carboxylic acids is 1. The molecule has 0 fully saturated rings. The van der Waals surface area contributed by atoms with Crippen LogP contribution in [0.1, 0.15) is 31.1 Å². The summed E-state index contributed by atoms with van der Waals surface area (Å²) in [5.41, 5.74) is 6.71. The molecule has 0 radical (unpaired) electrons. The van der Waals surface area contributed by atoms with E-state index in [0.717, 1.165) is 0 Å². The summed E-state index contributed by atoms with van der Waals surface area (Å²) >= 11 is 0. The lowest BCUT2D eigenvalue weighted by Gasteiger charge is -2.07. The van der Waals surface area contributed by atoms with E-state index in [9.17, 15) is 14.4 Å². The molecule has 0 atom stereocenters. The first-order valence-electron chi connectivity index (χ1n) is 8.16. The van der Waals surface area contributed by atoms with Gasteiger partial charge in [-0.05, 0) is 72.8 Å². The maximum atomic E-state index is 12.2. The van der Waals surface area contributed by atoms with E-state index >= 15 is 0 Å². The highest BCUT2D eigenvalue weighted by Crippen LogP contribution is 2.17. The maximum absolute atomic E-state index is 12.2. The van der Waals surface area contributed by atoms with E-state index in [1.807, 2.05) is 0 Å². The van der Waals surface area contributed by atoms with Gasteiger partial charge in [-0.15, -0.1) is 0 Å². The Labute approximate surface area is 159 Å². The Morgan fingerprint density at radius 3 is 1.36 bits per heavy atom. The molecule has 7 nitrogen and oxygen atoms in total. The highest BCUT2D eigenvalue weighted by molar-refractivity contribution is 5.95. The van der Waals surface area contributed by atoms with E-state index in [2.05, 4.69) is 0 Å². The molecule has 0 unspecified atom stereocenters. The van der Waals surface area contributed by atoms with Crippen molar-refractivity contribution in [2.24, 2.45) is 0 Å². The number of carbonyl (C=O) groups is 3. The quantitative estimate of drug-likeness (QED) is 0.398. The van der Waals surface area contributed by atoms with Gasteiger partial charge in [0.15, 0.2) is 0 Å². The number of nitrogen functional groups attached to an aromatic ring is 1. The Hall–Kier alpha value is -4.13. The molecule has 3 N–H and O–H groups in total. The van der Waals surface area contributed by atoms with Gasteiger partial charge in [-0.1, -0.05) is 0 Å². The van der Waals surface area contributed by atoms with Crippen LogP contribution in [0.5, 0.6) is 11.5 Å². The number of aromatic carboxylic acids is 1. The van der Waals surface area contributed by atoms with Crippen molar-refractivity contribution in [2.45, 2.75) is 0 Å². The Morgan fingerprint density at radius 2 is 0.964 bits per heavy atom. The number of anilines is 1. The monoisotopic (exact) mass is 377 g/mol. The number of nitrogens with two attached hydrogens (primary N) is 1. The number of benzene rings is 3. The minimum Gasteiger partial charge on any atom is -0.478 e. The van der Waals surface area contributed by atoms with Gasteiger partial charge >= 0.3 is 17.9 Å². The van der Waals surface area contributed by atoms with Crippen molar-refractivity contribution in [2.75, 3.05) is 5.73 Å². The van der Waals surface area contributed by atoms with Gasteiger partial charge in [-0.3, -0.25) is 0 Å². The minimum absolute atomic E-state index is 0.0868. The van der Waals surface area contributed by atoms with Gasteiger partial charge in [0.25, 0.3) is 0 Å². The summed E-state index contributed by atoms with van der Waals surface area (Å²) in [6.45, 7) is 0. The molecule has 3 aromatic rings. The highest BCUT2D eigenvalue weighted by atomic mass is 16.5. The second-order valence-corrected chi connectivity index (χ2v) is 5.75. The molecule has 0 aliphatic heterocycles. The van der Waals surface area contributed by atoms with Crippen LogP contribution in [0.2, 0.25) is 0 Å². The van der Waals surface area contributed by atoms with Crippen LogP contribution < -0.4 is 15.2 Å². The van der Waals surface area contributed by atoms with Gasteiger partial charge in [0, 0.05) is 5.69 Å². The average molecular weight is 377 g/mol. The number of rotatable bonds is 5. The summed E-state index contributed by atoms with van der Waals surface area (Å²) in [6.07, 6.45) is 0. The Morgan fingerprint density at radius 1 is 0.607 bits per heavy atom. The molecule has 0 aliphatic rings. The summed E-state index contributed by atoms with van der Waals surface area (Å²) in [5, 5.41) is 8.86. The third kappa shape index (κ3) is 4.53. The summed E-state index contributed by atoms with van der Waals surface area (Å²) in [6, 6.07) is 17.6. The first-order chi connectivity index (χ1) is 13.4. The normalized spacial score (nSPS) is 10.1. The van der Waals surface area contributed by atoms with Crippen LogP contribution in [0.15, 0.2) is 72.8 Å². The van der Waals surface area contributed by atoms with Crippen LogP contribution in [0, 0.1) is 0 Å². The van der Waals surface area contributed by atoms with Crippen molar-refractivity contribution >= 4 is 23.6 Å². The zero-order valence-electron chi connectivity index (χ0n) is 14.5. The number of hydrogen-bond donors (Lipinski definition) is 2. The minimum atomic E-state index is -1.07. The lowest BCUT2D eigenvalue weighted by atomic mass is 10.1. The largest absolute Gasteiger partial charge is 0.478 e. The van der Waals surface area contributed by atoms with Gasteiger partial charge in [0.05, 0.1) is 16.7 Å². The molecule has 3 aromatic carbocycles. The first kappa shape index (κ1) is 18.7. The molecule has 28 heavy (non-hydrogen) atoms. The fraction of sp³-hybridized carbons (Fsp3) is 0. The summed E-state index contributed by atoms with van der Waals surface area (Å²) in [5.74, 6) is -1.72. The lowest BCUT2D eigenvalue weighted by molar-refractivity contribution is 0.0694. The van der Waals surface area contributed by atoms with Crippen LogP contribution in [0.3, 0.4) is 0 Å². The molecule has 140 valence electrons. The number of hydrogen-bond acceptors (Lipinski definition) is 6. The third-order valence-electron chi connectivity index (χ3n) is 3.76. The Bertz CT molecular complexity index is 1010. The fourth-order valence-corrected chi connectivity index (χ4v) is 2.28. The van der Waals surface area contributed by atoms with Crippen LogP contribution in [-0.2, 0) is 0 Å². The van der Waals surface area contributed by atoms with Crippen molar-refractivity contribution < 1.29 is 29.0 Å². The van der Waals surface area contributed by atoms with Crippen molar-refractivity contribution in [1.29, 1.82) is 0 Å². The van der Waals surface area contributed by atoms with Crippen LogP contribution >= 0.6 is 0 Å². The maximum Gasteiger partial charge on any atom is 0.343 e. The lowest BCUT2D eigenvalue weighted by Crippen LogP contribution is -2.11. The van der Waals surface area contributed by atoms with Crippen molar-refractivity contribution in [3.05, 3.63) is 89.5 Å². The van der Waals surface area contributed by atoms with Crippen LogP contribution in [0.4, 0.5) is 5.69 Å². The Balaban J connectivity index is 1.64. The van der Waals surface area contributed by atoms with Crippen molar-refractivity contribution in [3.8, 4) is 11.5 Å². The van der Waals surface area contributed by atoms with E-state index in [1.165, 1.54) is 48.5 Å². The Kier molecular flexibility index (Phi) is 5.36. The van der Waals surface area contributed by atoms with Gasteiger partial charge < -0.3 is 20.3 Å². The molecule has 0 bridgehead atoms. The second-order valence-electron chi connectivity index (χ2n) is 5.75. The van der Waals surface area contributed by atoms with Crippen LogP contribution in [0.25, 0.3) is 0 Å². The number of carbonyl (C=O) groups excluding carboxylic acids is 2. The second kappa shape index (κ2) is 8.05. The summed E-state index contributed by atoms with van der Waals surface area (Å²) in [7, 11) is 0. The van der Waals surface area contributed by atoms with Gasteiger partial charge in [0.1, 0.15) is 11.5 Å². The molecular formula is C21H15NO6. The molecule has 3 rings (SSSR count). The van der Waals surface area contributed by atoms with Gasteiger partial charge in [-0.25, -0.2) is 14.4 Å². The summed E-state index contributed by atoms with van der Waals surface area (Å²) in [4.78, 5) is 35.1. The number of carboxylic acid groups (broad SMARTS) is 1. The SMILES string of the molecule is Nc1ccc(OC(=O)c2ccc(C(=O)Oc3ccc(C(=O)O)cc3)cc2)cc1. The fourth-order valence-electron chi connectivity index (χ4n) is 2.28. The van der Waals surface area contributed by atoms with E-state index in [-0.39, 0.29) is 22.4 Å². The molecule has 0 spiro atoms. The van der Waals surface area contributed by atoms with E-state index in [1.54, 1.807) is 24.3 Å². The zero-order valence-corrected chi connectivity index (χ0v) is 14.5. The highest BCUT2D eigenvalue weighted by Gasteiger charge is 2.13. The third-order valence-corrected chi connectivity index (χ3v) is 3.76. The molecule has 0 heterocycles. The predicted molar refractivity (Wildman–Crippen MR) is 101 cm³/mol. The van der Waals surface area contributed by atoms with Gasteiger partial charge in [0.2, 0.25) is 0 Å². The summed E-state index contributed by atoms with van der Waals surface area (Å²) < 4.78 is 10.4. The molecule has 0 aromatic heterocycles. The van der Waals surface area contributed by atoms with Crippen molar-refractivity contribution in [1.82, 2.24) is 0 Å². The van der Waals surface area contributed by atoms with E-state index < -0.39 is 17.9 Å². The smallest absolute Gasteiger partial charge is 0.343 e. The standard InChI is InChI=1S/C21H15NO6/c22-16-7-11-18(12-8-16)28-21(26)15-3-1-14(2-4-15)20(25)27-17-9-5-13(6-10-17)19(23)24/h1-12H,22H2,(H,23,24). The van der Waals surface area contributed by atoms with Crippen LogP contribution in [-0.4, -0.2) is 23.0 Å². The van der Waals surface area contributed by atoms with E-state index in [4.69, 9.17) is 20.3 Å². The molecule has 7 heteroatoms. The molecule has 0 amide bonds. The number of esters is 2. The molecule has 0 aliphatic carbocycles. The molecule has 0 saturated heterocycles. The predicted octanol–water partition coefficient (Wildman–Crippen LogP) is 3.41. The van der Waals surface area contributed by atoms with E-state index in [0.29, 0.717) is 11.4 Å². The van der Waals surface area contributed by atoms with Crippen molar-refractivity contribution in [3.63, 3.8) is 0 Å². The zero-order chi connectivity index (χ0) is 20.1. The molecule has 0 saturated carbocycles. The first-order valence-corrected chi connectivity index (χ1v) is 8.16. The topological polar surface area (TPSA) is 116 Å². The average Bonchev–Trinajstić information content (AvgIpc) is 2.70. The molecular weight excluding hydrogens is 362 g/mol. The van der Waals surface area contributed by atoms with Gasteiger partial charge in [-0.2, -0.15) is 0 Å².